The molecule has 0 unspecified atom stereocenters. The Morgan fingerprint density at radius 2 is 0.988 bits per heavy atom. The number of carbonyl (C=O) groups excluding carboxylic acids is 4. The van der Waals surface area contributed by atoms with Gasteiger partial charge in [0, 0.05) is 80.7 Å². The van der Waals surface area contributed by atoms with Crippen LogP contribution in [0, 0.1) is 23.5 Å². The van der Waals surface area contributed by atoms with Crippen molar-refractivity contribution in [3.8, 4) is 11.4 Å². The van der Waals surface area contributed by atoms with Crippen molar-refractivity contribution in [2.24, 2.45) is 11.8 Å². The molecule has 15 nitrogen and oxygen atoms in total. The second-order valence-electron chi connectivity index (χ2n) is 26.6. The summed E-state index contributed by atoms with van der Waals surface area (Å²) in [7, 11) is 3.51. The predicted octanol–water partition coefficient (Wildman–Crippen LogP) is 13.2. The summed E-state index contributed by atoms with van der Waals surface area (Å²) in [5.74, 6) is 1.12. The van der Waals surface area contributed by atoms with Crippen molar-refractivity contribution in [3.05, 3.63) is 120 Å². The molecule has 464 valence electrons. The maximum Gasteiger partial charge on any atom is 0.407 e. The molecule has 0 bridgehead atoms. The number of hydrogen-bond donors (Lipinski definition) is 2. The van der Waals surface area contributed by atoms with E-state index in [9.17, 15) is 28.0 Å². The monoisotopic (exact) mass is 1180 g/mol. The summed E-state index contributed by atoms with van der Waals surface area (Å²) in [6, 6.07) is 13.7. The molecule has 0 radical (unpaired) electrons. The second-order valence-corrected chi connectivity index (χ2v) is 26.6. The minimum atomic E-state index is -0.472. The van der Waals surface area contributed by atoms with Crippen LogP contribution in [0.5, 0.6) is 0 Å². The van der Waals surface area contributed by atoms with Gasteiger partial charge in [-0.2, -0.15) is 0 Å². The van der Waals surface area contributed by atoms with Crippen molar-refractivity contribution < 1.29 is 32.7 Å². The van der Waals surface area contributed by atoms with Crippen LogP contribution in [-0.2, 0) is 9.53 Å². The Bertz CT molecular complexity index is 3280. The van der Waals surface area contributed by atoms with Gasteiger partial charge in [-0.15, -0.1) is 0 Å². The van der Waals surface area contributed by atoms with Crippen LogP contribution >= 0.6 is 0 Å². The molecule has 86 heavy (non-hydrogen) atoms. The quantitative estimate of drug-likeness (QED) is 0.0965. The lowest BCUT2D eigenvalue weighted by Gasteiger charge is -2.34. The fraction of sp³-hybridized carbons (Fsp3) is 0.565. The largest absolute Gasteiger partial charge is 0.444 e. The first kappa shape index (κ1) is 63.8. The molecule has 4 aromatic heterocycles. The Hall–Kier alpha value is -6.72. The fourth-order valence-corrected chi connectivity index (χ4v) is 13.5. The highest BCUT2D eigenvalue weighted by atomic mass is 19.1. The summed E-state index contributed by atoms with van der Waals surface area (Å²) in [4.78, 5) is 67.5. The van der Waals surface area contributed by atoms with Crippen molar-refractivity contribution in [3.63, 3.8) is 0 Å². The maximum absolute atomic E-state index is 14.4. The zero-order chi connectivity index (χ0) is 61.4. The molecule has 4 fully saturated rings. The number of ether oxygens (including phenoxy) is 1. The first-order valence-electron chi connectivity index (χ1n) is 31.9. The van der Waals surface area contributed by atoms with Crippen LogP contribution in [0.3, 0.4) is 0 Å². The van der Waals surface area contributed by atoms with Gasteiger partial charge in [-0.25, -0.2) is 13.6 Å². The Balaban J connectivity index is 0.000000206. The number of alkyl carbamates (subject to hydrolysis) is 1. The number of likely N-dealkylation sites (tertiary alicyclic amines) is 2. The molecule has 0 spiro atoms. The number of fused-ring (bicyclic) bond motifs is 2. The molecule has 17 heteroatoms. The summed E-state index contributed by atoms with van der Waals surface area (Å²) in [5, 5.41) is 8.42. The predicted molar refractivity (Wildman–Crippen MR) is 337 cm³/mol. The number of piperidine rings is 2. The molecule has 2 saturated heterocycles. The Morgan fingerprint density at radius 1 is 0.593 bits per heavy atom. The summed E-state index contributed by atoms with van der Waals surface area (Å²) in [5.41, 5.74) is 6.00. The minimum absolute atomic E-state index is 0.00112. The molecule has 2 saturated carbocycles. The number of rotatable bonds is 16. The third kappa shape index (κ3) is 15.9. The summed E-state index contributed by atoms with van der Waals surface area (Å²) >= 11 is 0. The summed E-state index contributed by atoms with van der Waals surface area (Å²) in [6.07, 6.45) is 27.0. The minimum Gasteiger partial charge on any atom is -0.444 e. The topological polar surface area (TPSA) is 150 Å². The third-order valence-electron chi connectivity index (χ3n) is 18.9. The van der Waals surface area contributed by atoms with Gasteiger partial charge in [-0.1, -0.05) is 0 Å². The lowest BCUT2D eigenvalue weighted by Crippen LogP contribution is -2.41. The lowest BCUT2D eigenvalue weighted by molar-refractivity contribution is -0.119. The van der Waals surface area contributed by atoms with Gasteiger partial charge in [0.1, 0.15) is 17.2 Å². The van der Waals surface area contributed by atoms with E-state index in [0.29, 0.717) is 46.3 Å². The van der Waals surface area contributed by atoms with Crippen molar-refractivity contribution in [2.75, 3.05) is 53.4 Å². The van der Waals surface area contributed by atoms with E-state index in [2.05, 4.69) is 54.9 Å². The van der Waals surface area contributed by atoms with Gasteiger partial charge in [0.2, 0.25) is 5.91 Å². The van der Waals surface area contributed by atoms with E-state index in [-0.39, 0.29) is 41.9 Å². The van der Waals surface area contributed by atoms with Gasteiger partial charge >= 0.3 is 6.09 Å². The van der Waals surface area contributed by atoms with Crippen LogP contribution in [0.25, 0.3) is 33.2 Å². The first-order valence-corrected chi connectivity index (χ1v) is 31.9. The number of hydrogen-bond acceptors (Lipinski definition) is 9. The third-order valence-corrected chi connectivity index (χ3v) is 18.9. The van der Waals surface area contributed by atoms with Crippen molar-refractivity contribution in [1.82, 2.24) is 49.3 Å². The first-order chi connectivity index (χ1) is 41.1. The average Bonchev–Trinajstić information content (AvgIpc) is 2.06. The van der Waals surface area contributed by atoms with Crippen molar-refractivity contribution in [1.29, 1.82) is 0 Å². The van der Waals surface area contributed by atoms with E-state index in [1.54, 1.807) is 43.0 Å². The molecule has 6 aromatic rings. The van der Waals surface area contributed by atoms with Gasteiger partial charge in [0.25, 0.3) is 11.8 Å². The highest BCUT2D eigenvalue weighted by molar-refractivity contribution is 6.00. The lowest BCUT2D eigenvalue weighted by atomic mass is 9.83. The van der Waals surface area contributed by atoms with Gasteiger partial charge < -0.3 is 44.1 Å². The van der Waals surface area contributed by atoms with Gasteiger partial charge in [-0.3, -0.25) is 24.4 Å². The Kier molecular flexibility index (Phi) is 21.1. The van der Waals surface area contributed by atoms with Crippen molar-refractivity contribution >= 4 is 45.6 Å². The van der Waals surface area contributed by atoms with E-state index in [1.807, 2.05) is 82.4 Å². The maximum atomic E-state index is 14.4. The van der Waals surface area contributed by atoms with Crippen LogP contribution in [0.15, 0.2) is 85.7 Å². The molecule has 2 aliphatic heterocycles. The molecule has 2 N–H and O–H groups in total. The smallest absolute Gasteiger partial charge is 0.407 e. The number of carbonyl (C=O) groups is 4. The number of aromatic nitrogens is 4. The summed E-state index contributed by atoms with van der Waals surface area (Å²) < 4.78 is 38.3. The van der Waals surface area contributed by atoms with E-state index in [1.165, 1.54) is 61.1 Å². The molecular formula is C69H94F2N10O5. The number of pyridine rings is 2. The molecule has 0 atom stereocenters. The molecule has 6 heterocycles. The number of nitrogens with one attached hydrogen (secondary N) is 2. The van der Waals surface area contributed by atoms with Crippen LogP contribution in [-0.4, -0.2) is 146 Å². The normalized spacial score (nSPS) is 20.2. The number of halogens is 2. The number of nitrogens with zero attached hydrogens (tertiary/aromatic N) is 8. The van der Waals surface area contributed by atoms with Gasteiger partial charge in [0.05, 0.1) is 45.9 Å². The van der Waals surface area contributed by atoms with E-state index >= 15 is 0 Å². The van der Waals surface area contributed by atoms with Gasteiger partial charge in [-0.05, 0) is 261 Å². The molecule has 2 aromatic carbocycles. The van der Waals surface area contributed by atoms with E-state index in [4.69, 9.17) is 4.74 Å². The molecule has 4 aliphatic rings. The second kappa shape index (κ2) is 28.4. The zero-order valence-electron chi connectivity index (χ0n) is 52.7. The Labute approximate surface area is 508 Å². The highest BCUT2D eigenvalue weighted by Gasteiger charge is 2.31. The summed E-state index contributed by atoms with van der Waals surface area (Å²) in [6.45, 7) is 21.6. The van der Waals surface area contributed by atoms with Crippen LogP contribution in [0.4, 0.5) is 13.6 Å². The number of amides is 4. The fourth-order valence-electron chi connectivity index (χ4n) is 13.5. The van der Waals surface area contributed by atoms with Gasteiger partial charge in [0.15, 0.2) is 0 Å². The molecule has 10 rings (SSSR count). The standard InChI is InChI=1S/C36H50FN5O3.C33H44FN5O2/c1-24(2)40(6)34(43)30-21-27(37)9-12-32(30)42-23-31(29-13-17-38-22-33(29)42)26-15-19-41(20-16-26)18-14-25-7-10-28(11-8-25)39-35(44)45-36(3,4)5;1-22(2)37(4)33(41)29-19-26(34)7-10-31(29)39-21-30(28-11-15-35-20-32(28)39)25-13-17-38(18-14-25)16-12-24-5-8-27(9-6-24)36-23(3)40/h9,12-13,17,21-26,28H,7-8,10-11,14-16,18-20H2,1-6H3,(H,39,44);7,10-11,15,19-22,24-25,27H,5-6,8-9,12-14,16-18H2,1-4H3,(H,36,40). The molecular weight excluding hydrogens is 1090 g/mol. The van der Waals surface area contributed by atoms with Crippen LogP contribution in [0.2, 0.25) is 0 Å². The Morgan fingerprint density at radius 3 is 1.36 bits per heavy atom. The molecule has 4 amide bonds. The SMILES string of the molecule is CC(=O)NC1CCC(CCN2CCC(c3cn(-c4ccc(F)cc4C(=O)N(C)C(C)C)c4cnccc34)CC2)CC1.CC(C)N(C)C(=O)c1cc(F)ccc1-n1cc(C2CCN(CCC3CCC(NC(=O)OC(C)(C)C)CC3)CC2)c2ccncc21. The molecule has 2 aliphatic carbocycles. The average molecular weight is 1180 g/mol. The zero-order valence-corrected chi connectivity index (χ0v) is 52.7. The van der Waals surface area contributed by atoms with E-state index in [0.717, 1.165) is 131 Å². The highest BCUT2D eigenvalue weighted by Crippen LogP contribution is 2.39. The van der Waals surface area contributed by atoms with E-state index < -0.39 is 17.2 Å². The van der Waals surface area contributed by atoms with Crippen LogP contribution < -0.4 is 10.6 Å². The number of benzene rings is 2. The van der Waals surface area contributed by atoms with Crippen molar-refractivity contribution in [2.45, 2.75) is 187 Å². The van der Waals surface area contributed by atoms with Crippen LogP contribution in [0.1, 0.15) is 189 Å².